The summed E-state index contributed by atoms with van der Waals surface area (Å²) in [6, 6.07) is -0.747. The molecule has 0 unspecified atom stereocenters. The van der Waals surface area contributed by atoms with E-state index in [1.807, 2.05) is 0 Å². The van der Waals surface area contributed by atoms with Gasteiger partial charge < -0.3 is 20.4 Å². The van der Waals surface area contributed by atoms with Gasteiger partial charge in [-0.2, -0.15) is 8.42 Å². The number of hydrogen-bond acceptors (Lipinski definition) is 8. The van der Waals surface area contributed by atoms with Crippen LogP contribution in [0.15, 0.2) is 0 Å². The second kappa shape index (κ2) is 7.09. The molecule has 0 aromatic rings. The Labute approximate surface area is 117 Å². The number of nitrogens with zero attached hydrogens (tertiary/aromatic N) is 1. The average molecular weight is 315 g/mol. The van der Waals surface area contributed by atoms with E-state index in [4.69, 9.17) is 9.66 Å². The molecular formula is C10H21NO8S. The van der Waals surface area contributed by atoms with E-state index < -0.39 is 47.5 Å². The fraction of sp³-hybridized carbons (Fsp3) is 1.00. The zero-order chi connectivity index (χ0) is 15.5. The summed E-state index contributed by atoms with van der Waals surface area (Å²) in [5.41, 5.74) is 0. The number of hydrogen-bond donors (Lipinski definition) is 5. The molecule has 0 amide bonds. The second-order valence-electron chi connectivity index (χ2n) is 4.80. The molecule has 1 heterocycles. The van der Waals surface area contributed by atoms with Crippen LogP contribution < -0.4 is 0 Å². The van der Waals surface area contributed by atoms with Gasteiger partial charge in [-0.1, -0.05) is 6.92 Å². The van der Waals surface area contributed by atoms with Crippen molar-refractivity contribution in [3.63, 3.8) is 0 Å². The van der Waals surface area contributed by atoms with Crippen LogP contribution in [-0.4, -0.2) is 88.5 Å². The topological polar surface area (TPSA) is 148 Å². The highest BCUT2D eigenvalue weighted by atomic mass is 32.3. The Balaban J connectivity index is 2.66. The zero-order valence-electron chi connectivity index (χ0n) is 11.0. The van der Waals surface area contributed by atoms with Gasteiger partial charge in [0.15, 0.2) is 0 Å². The van der Waals surface area contributed by atoms with Crippen molar-refractivity contribution in [1.82, 2.24) is 4.90 Å². The van der Waals surface area contributed by atoms with E-state index in [1.54, 1.807) is 6.92 Å². The minimum atomic E-state index is -4.68. The first-order valence-corrected chi connectivity index (χ1v) is 7.61. The molecule has 9 nitrogen and oxygen atoms in total. The van der Waals surface area contributed by atoms with Gasteiger partial charge in [-0.3, -0.25) is 9.45 Å². The smallest absolute Gasteiger partial charge is 0.395 e. The molecule has 120 valence electrons. The van der Waals surface area contributed by atoms with Crippen LogP contribution in [-0.2, 0) is 14.6 Å². The van der Waals surface area contributed by atoms with E-state index in [1.165, 1.54) is 4.90 Å². The van der Waals surface area contributed by atoms with Crippen molar-refractivity contribution in [2.24, 2.45) is 0 Å². The Morgan fingerprint density at radius 3 is 2.45 bits per heavy atom. The van der Waals surface area contributed by atoms with Gasteiger partial charge in [0.2, 0.25) is 0 Å². The molecule has 1 fully saturated rings. The fourth-order valence-electron chi connectivity index (χ4n) is 2.31. The van der Waals surface area contributed by atoms with Crippen molar-refractivity contribution in [3.8, 4) is 0 Å². The highest BCUT2D eigenvalue weighted by Crippen LogP contribution is 2.20. The fourth-order valence-corrected chi connectivity index (χ4v) is 2.88. The number of likely N-dealkylation sites (tertiary alicyclic amines) is 1. The van der Waals surface area contributed by atoms with E-state index in [0.717, 1.165) is 0 Å². The quantitative estimate of drug-likeness (QED) is 0.317. The molecule has 5 N–H and O–H groups in total. The maximum atomic E-state index is 10.7. The predicted molar refractivity (Wildman–Crippen MR) is 67.2 cm³/mol. The van der Waals surface area contributed by atoms with E-state index in [-0.39, 0.29) is 19.5 Å². The number of β-amino-alcohol motifs (C(OH)–C–C–N with tert-alkyl or cyclic N) is 2. The summed E-state index contributed by atoms with van der Waals surface area (Å²) in [6.45, 7) is 1.07. The summed E-state index contributed by atoms with van der Waals surface area (Å²) in [6.07, 6.45) is -4.49. The molecule has 0 bridgehead atoms. The molecule has 5 atom stereocenters. The van der Waals surface area contributed by atoms with Crippen LogP contribution in [0.25, 0.3) is 0 Å². The van der Waals surface area contributed by atoms with Crippen molar-refractivity contribution < 1.29 is 37.6 Å². The lowest BCUT2D eigenvalue weighted by Gasteiger charge is -2.28. The summed E-state index contributed by atoms with van der Waals surface area (Å²) in [4.78, 5) is 1.44. The Bertz CT molecular complexity index is 402. The van der Waals surface area contributed by atoms with Gasteiger partial charge in [-0.25, -0.2) is 4.18 Å². The summed E-state index contributed by atoms with van der Waals surface area (Å²) in [5.74, 6) is 0. The van der Waals surface area contributed by atoms with Gasteiger partial charge in [0.25, 0.3) is 0 Å². The van der Waals surface area contributed by atoms with Crippen molar-refractivity contribution in [3.05, 3.63) is 0 Å². The Hall–Kier alpha value is -0.330. The third kappa shape index (κ3) is 4.60. The van der Waals surface area contributed by atoms with E-state index in [0.29, 0.717) is 0 Å². The van der Waals surface area contributed by atoms with E-state index in [2.05, 4.69) is 4.18 Å². The molecule has 0 aromatic heterocycles. The summed E-state index contributed by atoms with van der Waals surface area (Å²) in [5, 5.41) is 38.2. The van der Waals surface area contributed by atoms with Gasteiger partial charge in [0.05, 0.1) is 31.0 Å². The predicted octanol–water partition coefficient (Wildman–Crippen LogP) is -2.66. The van der Waals surface area contributed by atoms with E-state index >= 15 is 0 Å². The molecular weight excluding hydrogens is 294 g/mol. The lowest BCUT2D eigenvalue weighted by Crippen LogP contribution is -2.46. The van der Waals surface area contributed by atoms with Gasteiger partial charge in [-0.15, -0.1) is 0 Å². The first-order valence-electron chi connectivity index (χ1n) is 6.24. The van der Waals surface area contributed by atoms with Crippen molar-refractivity contribution in [2.75, 3.05) is 19.7 Å². The molecule has 10 heteroatoms. The minimum absolute atomic E-state index is 0.0335. The SMILES string of the molecule is CC[C@@H](OS(=O)(=O)O)[C@@H](O)CN1C[C@H](O)[C@@H](O)[C@@H]1CO. The number of aliphatic hydroxyl groups is 4. The van der Waals surface area contributed by atoms with Crippen LogP contribution in [0, 0.1) is 0 Å². The Morgan fingerprint density at radius 2 is 2.00 bits per heavy atom. The molecule has 0 spiro atoms. The zero-order valence-corrected chi connectivity index (χ0v) is 11.8. The van der Waals surface area contributed by atoms with Crippen LogP contribution in [0.5, 0.6) is 0 Å². The lowest BCUT2D eigenvalue weighted by atomic mass is 10.1. The molecule has 1 aliphatic rings. The van der Waals surface area contributed by atoms with E-state index in [9.17, 15) is 23.7 Å². The summed E-state index contributed by atoms with van der Waals surface area (Å²) >= 11 is 0. The van der Waals surface area contributed by atoms with Gasteiger partial charge in [0.1, 0.15) is 6.10 Å². The highest BCUT2D eigenvalue weighted by Gasteiger charge is 2.41. The first-order chi connectivity index (χ1) is 9.19. The molecule has 0 saturated carbocycles. The largest absolute Gasteiger partial charge is 0.397 e. The van der Waals surface area contributed by atoms with Crippen LogP contribution >= 0.6 is 0 Å². The summed E-state index contributed by atoms with van der Waals surface area (Å²) < 4.78 is 34.3. The maximum absolute atomic E-state index is 10.7. The molecule has 20 heavy (non-hydrogen) atoms. The molecule has 1 aliphatic heterocycles. The second-order valence-corrected chi connectivity index (χ2v) is 5.85. The number of rotatable bonds is 7. The van der Waals surface area contributed by atoms with Gasteiger partial charge in [0, 0.05) is 13.1 Å². The minimum Gasteiger partial charge on any atom is -0.395 e. The van der Waals surface area contributed by atoms with Crippen molar-refractivity contribution in [2.45, 2.75) is 43.8 Å². The van der Waals surface area contributed by atoms with Crippen LogP contribution in [0.3, 0.4) is 0 Å². The number of aliphatic hydroxyl groups excluding tert-OH is 4. The van der Waals surface area contributed by atoms with Gasteiger partial charge >= 0.3 is 10.4 Å². The standard InChI is InChI=1S/C10H21NO8S/c1-2-9(19-20(16,17)18)7(13)3-11-4-8(14)10(15)6(11)5-12/h6-10,12-15H,2-5H2,1H3,(H,16,17,18)/t6-,7-,8-,9+,10-/m0/s1. The monoisotopic (exact) mass is 315 g/mol. The van der Waals surface area contributed by atoms with Crippen LogP contribution in [0.1, 0.15) is 13.3 Å². The molecule has 1 rings (SSSR count). The Morgan fingerprint density at radius 1 is 1.40 bits per heavy atom. The summed E-state index contributed by atoms with van der Waals surface area (Å²) in [7, 11) is -4.68. The molecule has 1 saturated heterocycles. The lowest BCUT2D eigenvalue weighted by molar-refractivity contribution is -0.0109. The average Bonchev–Trinajstić information content (AvgIpc) is 2.60. The highest BCUT2D eigenvalue weighted by molar-refractivity contribution is 7.80. The third-order valence-electron chi connectivity index (χ3n) is 3.36. The van der Waals surface area contributed by atoms with Crippen LogP contribution in [0.4, 0.5) is 0 Å². The molecule has 0 radical (unpaired) electrons. The normalized spacial score (nSPS) is 31.4. The van der Waals surface area contributed by atoms with Gasteiger partial charge in [-0.05, 0) is 6.42 Å². The molecule has 0 aromatic carbocycles. The third-order valence-corrected chi connectivity index (χ3v) is 3.85. The van der Waals surface area contributed by atoms with Crippen molar-refractivity contribution in [1.29, 1.82) is 0 Å². The Kier molecular flexibility index (Phi) is 6.28. The maximum Gasteiger partial charge on any atom is 0.397 e. The van der Waals surface area contributed by atoms with Crippen LogP contribution in [0.2, 0.25) is 0 Å². The molecule has 0 aliphatic carbocycles. The first kappa shape index (κ1) is 17.7. The van der Waals surface area contributed by atoms with Crippen molar-refractivity contribution >= 4 is 10.4 Å².